The van der Waals surface area contributed by atoms with Crippen molar-refractivity contribution in [2.45, 2.75) is 37.7 Å². The minimum atomic E-state index is -4.63. The molecular weight excluding hydrogens is 428 g/mol. The van der Waals surface area contributed by atoms with E-state index in [1.807, 2.05) is 0 Å². The van der Waals surface area contributed by atoms with Crippen molar-refractivity contribution >= 4 is 11.6 Å². The number of nitrogens with one attached hydrogen (secondary N) is 1. The number of benzene rings is 1. The van der Waals surface area contributed by atoms with Crippen molar-refractivity contribution < 1.29 is 27.1 Å². The Morgan fingerprint density at radius 1 is 1.22 bits per heavy atom. The van der Waals surface area contributed by atoms with Crippen LogP contribution in [0.15, 0.2) is 48.3 Å². The van der Waals surface area contributed by atoms with Crippen LogP contribution in [0.25, 0.3) is 11.3 Å². The zero-order chi connectivity index (χ0) is 22.5. The molecule has 2 aromatic rings. The molecule has 3 aliphatic rings. The highest BCUT2D eigenvalue weighted by Gasteiger charge is 2.45. The van der Waals surface area contributed by atoms with E-state index in [1.165, 1.54) is 24.5 Å². The van der Waals surface area contributed by atoms with Crippen LogP contribution in [-0.4, -0.2) is 41.5 Å². The summed E-state index contributed by atoms with van der Waals surface area (Å²) in [6.45, 7) is -0.917. The van der Waals surface area contributed by atoms with E-state index in [2.05, 4.69) is 10.4 Å². The van der Waals surface area contributed by atoms with Crippen LogP contribution >= 0.6 is 0 Å². The van der Waals surface area contributed by atoms with Crippen LogP contribution in [0, 0.1) is 5.82 Å². The fourth-order valence-corrected chi connectivity index (χ4v) is 4.37. The third-order valence-electron chi connectivity index (χ3n) is 5.82. The van der Waals surface area contributed by atoms with Gasteiger partial charge in [0.1, 0.15) is 18.6 Å². The second-order valence-corrected chi connectivity index (χ2v) is 7.99. The highest BCUT2D eigenvalue weighted by Crippen LogP contribution is 2.44. The van der Waals surface area contributed by atoms with Gasteiger partial charge in [-0.1, -0.05) is 6.07 Å². The van der Waals surface area contributed by atoms with E-state index in [-0.39, 0.29) is 34.3 Å². The van der Waals surface area contributed by atoms with Gasteiger partial charge in [0.25, 0.3) is 5.91 Å². The lowest BCUT2D eigenvalue weighted by atomic mass is 9.91. The van der Waals surface area contributed by atoms with E-state index in [0.29, 0.717) is 17.9 Å². The van der Waals surface area contributed by atoms with Gasteiger partial charge in [0, 0.05) is 30.1 Å². The Kier molecular flexibility index (Phi) is 5.13. The van der Waals surface area contributed by atoms with Gasteiger partial charge in [-0.15, -0.1) is 0 Å². The fourth-order valence-electron chi connectivity index (χ4n) is 4.37. The Morgan fingerprint density at radius 2 is 2.06 bits per heavy atom. The van der Waals surface area contributed by atoms with Crippen molar-refractivity contribution in [2.75, 3.05) is 18.1 Å². The number of carbonyl (C=O) groups excluding carboxylic acids is 1. The molecule has 0 spiro atoms. The summed E-state index contributed by atoms with van der Waals surface area (Å²) in [4.78, 5) is 17.9. The molecule has 1 aromatic heterocycles. The SMILES string of the molecule is O=C1C2=CN(C3CCCCO3)NC2c2cc(F)c(-c3ccccn3)cc2N1CC(F)(F)F. The van der Waals surface area contributed by atoms with Crippen molar-refractivity contribution in [2.24, 2.45) is 0 Å². The number of aromatic nitrogens is 1. The van der Waals surface area contributed by atoms with Crippen molar-refractivity contribution in [3.05, 3.63) is 59.7 Å². The summed E-state index contributed by atoms with van der Waals surface area (Å²) in [6.07, 6.45) is 0.554. The number of carbonyl (C=O) groups is 1. The standard InChI is InChI=1S/C22H20F4N4O2/c23-16-9-14-18(10-13(16)17-5-1-3-7-27-17)29(12-22(24,25)26)21(31)15-11-30(28-20(14)15)19-6-2-4-8-32-19/h1,3,5,7,9-11,19-20,28H,2,4,6,8,12H2. The highest BCUT2D eigenvalue weighted by molar-refractivity contribution is 6.10. The first-order chi connectivity index (χ1) is 15.3. The van der Waals surface area contributed by atoms with Crippen LogP contribution in [-0.2, 0) is 9.53 Å². The maximum absolute atomic E-state index is 15.1. The maximum Gasteiger partial charge on any atom is 0.406 e. The molecule has 0 saturated carbocycles. The fraction of sp³-hybridized carbons (Fsp3) is 0.364. The van der Waals surface area contributed by atoms with Crippen molar-refractivity contribution in [3.63, 3.8) is 0 Å². The zero-order valence-corrected chi connectivity index (χ0v) is 16.9. The monoisotopic (exact) mass is 448 g/mol. The van der Waals surface area contributed by atoms with Gasteiger partial charge < -0.3 is 4.74 Å². The summed E-state index contributed by atoms with van der Waals surface area (Å²) in [5.74, 6) is -1.40. The van der Waals surface area contributed by atoms with Crippen molar-refractivity contribution in [1.29, 1.82) is 0 Å². The van der Waals surface area contributed by atoms with Crippen LogP contribution in [0.4, 0.5) is 23.2 Å². The molecule has 2 unspecified atom stereocenters. The number of nitrogens with zero attached hydrogens (tertiary/aromatic N) is 3. The summed E-state index contributed by atoms with van der Waals surface area (Å²) in [6, 6.07) is 6.56. The first-order valence-electron chi connectivity index (χ1n) is 10.3. The topological polar surface area (TPSA) is 57.7 Å². The average Bonchev–Trinajstić information content (AvgIpc) is 3.23. The highest BCUT2D eigenvalue weighted by atomic mass is 19.4. The van der Waals surface area contributed by atoms with Gasteiger partial charge in [-0.25, -0.2) is 9.82 Å². The molecule has 0 aliphatic carbocycles. The molecule has 168 valence electrons. The molecule has 1 fully saturated rings. The molecule has 2 atom stereocenters. The Labute approximate surface area is 181 Å². The molecule has 0 radical (unpaired) electrons. The van der Waals surface area contributed by atoms with Gasteiger partial charge in [0.15, 0.2) is 0 Å². The Balaban J connectivity index is 1.60. The predicted molar refractivity (Wildman–Crippen MR) is 107 cm³/mol. The number of alkyl halides is 3. The number of fused-ring (bicyclic) bond motifs is 3. The smallest absolute Gasteiger partial charge is 0.357 e. The molecule has 0 bridgehead atoms. The number of hydrogen-bond donors (Lipinski definition) is 1. The molecule has 1 saturated heterocycles. The van der Waals surface area contributed by atoms with Gasteiger partial charge in [0.05, 0.1) is 23.0 Å². The van der Waals surface area contributed by atoms with E-state index in [4.69, 9.17) is 4.74 Å². The van der Waals surface area contributed by atoms with E-state index >= 15 is 4.39 Å². The van der Waals surface area contributed by atoms with Gasteiger partial charge in [-0.05, 0) is 43.5 Å². The van der Waals surface area contributed by atoms with Crippen LogP contribution in [0.2, 0.25) is 0 Å². The zero-order valence-electron chi connectivity index (χ0n) is 16.9. The number of rotatable bonds is 3. The number of halogens is 4. The predicted octanol–water partition coefficient (Wildman–Crippen LogP) is 4.07. The van der Waals surface area contributed by atoms with E-state index in [1.54, 1.807) is 23.2 Å². The van der Waals surface area contributed by atoms with Gasteiger partial charge in [0.2, 0.25) is 0 Å². The molecule has 1 amide bonds. The lowest BCUT2D eigenvalue weighted by Gasteiger charge is -2.35. The number of amides is 1. The molecule has 1 aromatic carbocycles. The normalized spacial score (nSPS) is 23.1. The molecule has 5 rings (SSSR count). The minimum Gasteiger partial charge on any atom is -0.357 e. The Bertz CT molecular complexity index is 1070. The lowest BCUT2D eigenvalue weighted by Crippen LogP contribution is -2.46. The Morgan fingerprint density at radius 3 is 2.75 bits per heavy atom. The van der Waals surface area contributed by atoms with Crippen LogP contribution in [0.3, 0.4) is 0 Å². The van der Waals surface area contributed by atoms with Crippen molar-refractivity contribution in [1.82, 2.24) is 15.4 Å². The number of pyridine rings is 1. The summed E-state index contributed by atoms with van der Waals surface area (Å²) >= 11 is 0. The largest absolute Gasteiger partial charge is 0.406 e. The van der Waals surface area contributed by atoms with E-state index in [0.717, 1.165) is 12.8 Å². The molecule has 4 heterocycles. The summed E-state index contributed by atoms with van der Waals surface area (Å²) in [7, 11) is 0. The number of anilines is 1. The third kappa shape index (κ3) is 3.73. The molecule has 1 N–H and O–H groups in total. The minimum absolute atomic E-state index is 0.00967. The molecule has 6 nitrogen and oxygen atoms in total. The van der Waals surface area contributed by atoms with Gasteiger partial charge in [-0.2, -0.15) is 13.2 Å². The molecule has 3 aliphatic heterocycles. The second kappa shape index (κ2) is 7.86. The van der Waals surface area contributed by atoms with Gasteiger partial charge >= 0.3 is 6.18 Å². The number of ether oxygens (including phenoxy) is 1. The van der Waals surface area contributed by atoms with Crippen LogP contribution < -0.4 is 10.3 Å². The summed E-state index contributed by atoms with van der Waals surface area (Å²) in [5.41, 5.74) is 3.82. The third-order valence-corrected chi connectivity index (χ3v) is 5.82. The molecule has 10 heteroatoms. The number of hydrogen-bond acceptors (Lipinski definition) is 5. The average molecular weight is 448 g/mol. The molecular formula is C22H20F4N4O2. The van der Waals surface area contributed by atoms with Crippen LogP contribution in [0.1, 0.15) is 30.9 Å². The maximum atomic E-state index is 15.1. The first kappa shape index (κ1) is 20.9. The van der Waals surface area contributed by atoms with Gasteiger partial charge in [-0.3, -0.25) is 19.7 Å². The lowest BCUT2D eigenvalue weighted by molar-refractivity contribution is -0.130. The molecule has 32 heavy (non-hydrogen) atoms. The summed E-state index contributed by atoms with van der Waals surface area (Å²) < 4.78 is 60.9. The van der Waals surface area contributed by atoms with E-state index in [9.17, 15) is 18.0 Å². The van der Waals surface area contributed by atoms with Crippen LogP contribution in [0.5, 0.6) is 0 Å². The van der Waals surface area contributed by atoms with E-state index < -0.39 is 30.5 Å². The summed E-state index contributed by atoms with van der Waals surface area (Å²) in [5, 5.41) is 1.61. The first-order valence-corrected chi connectivity index (χ1v) is 10.3. The second-order valence-electron chi connectivity index (χ2n) is 7.99. The number of hydrazine groups is 1. The Hall–Kier alpha value is -2.98. The quantitative estimate of drug-likeness (QED) is 0.718. The van der Waals surface area contributed by atoms with Crippen molar-refractivity contribution in [3.8, 4) is 11.3 Å².